The van der Waals surface area contributed by atoms with Gasteiger partial charge in [0.25, 0.3) is 0 Å². The second kappa shape index (κ2) is 6.23. The van der Waals surface area contributed by atoms with Crippen LogP contribution in [0.5, 0.6) is 0 Å². The molecule has 7 heteroatoms. The number of morpholine rings is 1. The van der Waals surface area contributed by atoms with Crippen LogP contribution in [0.4, 0.5) is 5.82 Å². The van der Waals surface area contributed by atoms with Gasteiger partial charge in [-0.2, -0.15) is 5.10 Å². The first-order valence-corrected chi connectivity index (χ1v) is 6.82. The van der Waals surface area contributed by atoms with Crippen molar-refractivity contribution in [3.8, 4) is 0 Å². The molecule has 1 fully saturated rings. The molecule has 1 saturated heterocycles. The van der Waals surface area contributed by atoms with Crippen molar-refractivity contribution in [3.05, 3.63) is 11.3 Å². The van der Waals surface area contributed by atoms with Crippen molar-refractivity contribution in [2.75, 3.05) is 38.2 Å². The summed E-state index contributed by atoms with van der Waals surface area (Å²) in [7, 11) is 1.75. The largest absolute Gasteiger partial charge is 0.477 e. The summed E-state index contributed by atoms with van der Waals surface area (Å²) in [6.07, 6.45) is 0. The molecule has 0 aliphatic carbocycles. The predicted molar refractivity (Wildman–Crippen MR) is 75.2 cm³/mol. The van der Waals surface area contributed by atoms with Gasteiger partial charge in [-0.05, 0) is 13.8 Å². The summed E-state index contributed by atoms with van der Waals surface area (Å²) in [4.78, 5) is 13.6. The lowest BCUT2D eigenvalue weighted by Crippen LogP contribution is -2.42. The quantitative estimate of drug-likeness (QED) is 0.821. The second-order valence-corrected chi connectivity index (χ2v) is 5.20. The van der Waals surface area contributed by atoms with Gasteiger partial charge in [-0.3, -0.25) is 9.58 Å². The van der Waals surface area contributed by atoms with Gasteiger partial charge < -0.3 is 15.2 Å². The van der Waals surface area contributed by atoms with Crippen LogP contribution < -0.4 is 5.32 Å². The lowest BCUT2D eigenvalue weighted by molar-refractivity contribution is 0.0368. The van der Waals surface area contributed by atoms with E-state index in [1.165, 1.54) is 0 Å². The van der Waals surface area contributed by atoms with E-state index in [0.29, 0.717) is 11.5 Å². The fraction of sp³-hybridized carbons (Fsp3) is 0.692. The number of carboxylic acid groups (broad SMARTS) is 1. The molecular weight excluding hydrogens is 260 g/mol. The minimum absolute atomic E-state index is 0.140. The van der Waals surface area contributed by atoms with Gasteiger partial charge in [-0.1, -0.05) is 0 Å². The number of rotatable bonds is 5. The molecule has 0 amide bonds. The van der Waals surface area contributed by atoms with E-state index >= 15 is 0 Å². The van der Waals surface area contributed by atoms with Crippen LogP contribution in [0.25, 0.3) is 0 Å². The molecule has 20 heavy (non-hydrogen) atoms. The van der Waals surface area contributed by atoms with Crippen molar-refractivity contribution in [1.29, 1.82) is 0 Å². The Kier molecular flexibility index (Phi) is 4.61. The van der Waals surface area contributed by atoms with Crippen LogP contribution in [0.2, 0.25) is 0 Å². The van der Waals surface area contributed by atoms with Crippen LogP contribution in [0, 0.1) is 6.92 Å². The molecule has 7 nitrogen and oxygen atoms in total. The molecule has 112 valence electrons. The van der Waals surface area contributed by atoms with Gasteiger partial charge in [-0.25, -0.2) is 4.79 Å². The fourth-order valence-corrected chi connectivity index (χ4v) is 2.53. The monoisotopic (exact) mass is 282 g/mol. The van der Waals surface area contributed by atoms with Crippen LogP contribution in [-0.2, 0) is 11.8 Å². The van der Waals surface area contributed by atoms with Gasteiger partial charge in [0.2, 0.25) is 0 Å². The van der Waals surface area contributed by atoms with Crippen molar-refractivity contribution in [1.82, 2.24) is 14.7 Å². The molecule has 1 aromatic heterocycles. The maximum Gasteiger partial charge on any atom is 0.341 e. The van der Waals surface area contributed by atoms with Gasteiger partial charge >= 0.3 is 5.97 Å². The Labute approximate surface area is 118 Å². The highest BCUT2D eigenvalue weighted by Gasteiger charge is 2.21. The lowest BCUT2D eigenvalue weighted by atomic mass is 10.2. The molecule has 0 spiro atoms. The molecule has 1 aromatic rings. The summed E-state index contributed by atoms with van der Waals surface area (Å²) >= 11 is 0. The molecule has 1 aliphatic rings. The van der Waals surface area contributed by atoms with Crippen LogP contribution >= 0.6 is 0 Å². The zero-order valence-electron chi connectivity index (χ0n) is 12.2. The Balaban J connectivity index is 2.03. The maximum absolute atomic E-state index is 11.3. The number of aromatic carboxylic acids is 1. The van der Waals surface area contributed by atoms with Crippen molar-refractivity contribution < 1.29 is 14.6 Å². The van der Waals surface area contributed by atoms with Gasteiger partial charge in [0.1, 0.15) is 11.4 Å². The Morgan fingerprint density at radius 1 is 1.50 bits per heavy atom. The Morgan fingerprint density at radius 2 is 2.15 bits per heavy atom. The zero-order valence-corrected chi connectivity index (χ0v) is 12.2. The van der Waals surface area contributed by atoms with E-state index in [0.717, 1.165) is 32.8 Å². The van der Waals surface area contributed by atoms with E-state index in [9.17, 15) is 9.90 Å². The first-order valence-electron chi connectivity index (χ1n) is 6.82. The van der Waals surface area contributed by atoms with E-state index in [4.69, 9.17) is 4.74 Å². The SMILES string of the molecule is Cc1nn(C)c(NC(C)CN2CCOCC2)c1C(=O)O. The third kappa shape index (κ3) is 3.29. The Bertz CT molecular complexity index is 480. The molecular formula is C13H22N4O3. The molecule has 1 atom stereocenters. The van der Waals surface area contributed by atoms with Gasteiger partial charge in [0.15, 0.2) is 0 Å². The third-order valence-electron chi connectivity index (χ3n) is 3.45. The first kappa shape index (κ1) is 14.8. The van der Waals surface area contributed by atoms with E-state index in [-0.39, 0.29) is 11.6 Å². The van der Waals surface area contributed by atoms with Crippen molar-refractivity contribution in [2.45, 2.75) is 19.9 Å². The minimum atomic E-state index is -0.948. The van der Waals surface area contributed by atoms with Gasteiger partial charge in [0.05, 0.1) is 18.9 Å². The topological polar surface area (TPSA) is 79.6 Å². The molecule has 2 heterocycles. The number of hydrogen-bond acceptors (Lipinski definition) is 5. The van der Waals surface area contributed by atoms with Crippen LogP contribution in [-0.4, -0.2) is 64.6 Å². The molecule has 0 bridgehead atoms. The fourth-order valence-electron chi connectivity index (χ4n) is 2.53. The molecule has 1 unspecified atom stereocenters. The lowest BCUT2D eigenvalue weighted by Gasteiger charge is -2.29. The second-order valence-electron chi connectivity index (χ2n) is 5.20. The highest BCUT2D eigenvalue weighted by molar-refractivity contribution is 5.94. The van der Waals surface area contributed by atoms with Gasteiger partial charge in [-0.15, -0.1) is 0 Å². The van der Waals surface area contributed by atoms with Gasteiger partial charge in [0, 0.05) is 32.7 Å². The highest BCUT2D eigenvalue weighted by atomic mass is 16.5. The summed E-state index contributed by atoms with van der Waals surface area (Å²) in [5.41, 5.74) is 0.780. The van der Waals surface area contributed by atoms with Crippen LogP contribution in [0.1, 0.15) is 23.0 Å². The number of carbonyl (C=O) groups is 1. The Hall–Kier alpha value is -1.60. The highest BCUT2D eigenvalue weighted by Crippen LogP contribution is 2.19. The van der Waals surface area contributed by atoms with E-state index < -0.39 is 5.97 Å². The van der Waals surface area contributed by atoms with Crippen molar-refractivity contribution in [3.63, 3.8) is 0 Å². The smallest absolute Gasteiger partial charge is 0.341 e. The normalized spacial score (nSPS) is 17.9. The molecule has 0 radical (unpaired) electrons. The molecule has 2 N–H and O–H groups in total. The van der Waals surface area contributed by atoms with E-state index in [1.807, 2.05) is 6.92 Å². The van der Waals surface area contributed by atoms with Crippen molar-refractivity contribution in [2.24, 2.45) is 7.05 Å². The molecule has 0 saturated carbocycles. The van der Waals surface area contributed by atoms with Crippen molar-refractivity contribution >= 4 is 11.8 Å². The number of nitrogens with one attached hydrogen (secondary N) is 1. The summed E-state index contributed by atoms with van der Waals surface area (Å²) < 4.78 is 6.91. The average molecular weight is 282 g/mol. The van der Waals surface area contributed by atoms with Crippen LogP contribution in [0.3, 0.4) is 0 Å². The summed E-state index contributed by atoms with van der Waals surface area (Å²) in [5, 5.41) is 16.7. The van der Waals surface area contributed by atoms with E-state index in [1.54, 1.807) is 18.7 Å². The summed E-state index contributed by atoms with van der Waals surface area (Å²) in [6, 6.07) is 0.140. The number of nitrogens with zero attached hydrogens (tertiary/aromatic N) is 3. The summed E-state index contributed by atoms with van der Waals surface area (Å²) in [6.45, 7) is 7.97. The number of carboxylic acids is 1. The first-order chi connectivity index (χ1) is 9.49. The number of aromatic nitrogens is 2. The molecule has 2 rings (SSSR count). The minimum Gasteiger partial charge on any atom is -0.477 e. The summed E-state index contributed by atoms with van der Waals surface area (Å²) in [5.74, 6) is -0.382. The standard InChI is InChI=1S/C13H22N4O3/c1-9(8-17-4-6-20-7-5-17)14-12-11(13(18)19)10(2)15-16(12)3/h9,14H,4-8H2,1-3H3,(H,18,19). The third-order valence-corrected chi connectivity index (χ3v) is 3.45. The van der Waals surface area contributed by atoms with Crippen LogP contribution in [0.15, 0.2) is 0 Å². The number of ether oxygens (including phenoxy) is 1. The number of anilines is 1. The Morgan fingerprint density at radius 3 is 2.75 bits per heavy atom. The number of hydrogen-bond donors (Lipinski definition) is 2. The molecule has 0 aromatic carbocycles. The maximum atomic E-state index is 11.3. The van der Waals surface area contributed by atoms with E-state index in [2.05, 4.69) is 15.3 Å². The number of aryl methyl sites for hydroxylation is 2. The predicted octanol–water partition coefficient (Wildman–Crippen LogP) is 0.559. The average Bonchev–Trinajstić information content (AvgIpc) is 2.65. The zero-order chi connectivity index (χ0) is 14.7. The molecule has 1 aliphatic heterocycles.